The van der Waals surface area contributed by atoms with E-state index in [2.05, 4.69) is 24.5 Å². The Labute approximate surface area is 124 Å². The van der Waals surface area contributed by atoms with Crippen LogP contribution in [0.5, 0.6) is 0 Å². The molecule has 0 saturated heterocycles. The van der Waals surface area contributed by atoms with Crippen LogP contribution in [0.15, 0.2) is 0 Å². The van der Waals surface area contributed by atoms with E-state index in [-0.39, 0.29) is 12.1 Å². The minimum Gasteiger partial charge on any atom is -0.444 e. The molecule has 0 spiro atoms. The number of amides is 1. The van der Waals surface area contributed by atoms with Crippen LogP contribution in [0.2, 0.25) is 0 Å². The minimum atomic E-state index is -0.432. The van der Waals surface area contributed by atoms with Crippen LogP contribution in [-0.4, -0.2) is 30.8 Å². The second kappa shape index (κ2) is 7.87. The molecule has 20 heavy (non-hydrogen) atoms. The summed E-state index contributed by atoms with van der Waals surface area (Å²) in [6.45, 7) is 11.7. The topological polar surface area (TPSA) is 50.4 Å². The van der Waals surface area contributed by atoms with Gasteiger partial charge >= 0.3 is 6.09 Å². The summed E-state index contributed by atoms with van der Waals surface area (Å²) in [5.41, 5.74) is -0.432. The summed E-state index contributed by atoms with van der Waals surface area (Å²) in [5, 5.41) is 6.34. The molecule has 118 valence electrons. The molecule has 1 saturated carbocycles. The van der Waals surface area contributed by atoms with Gasteiger partial charge in [-0.05, 0) is 52.5 Å². The Morgan fingerprint density at radius 1 is 1.30 bits per heavy atom. The van der Waals surface area contributed by atoms with Gasteiger partial charge in [0, 0.05) is 12.6 Å². The molecule has 4 nitrogen and oxygen atoms in total. The van der Waals surface area contributed by atoms with Crippen LogP contribution < -0.4 is 10.6 Å². The summed E-state index contributed by atoms with van der Waals surface area (Å²) in [6, 6.07) is 0.275. The zero-order valence-electron chi connectivity index (χ0n) is 13.8. The van der Waals surface area contributed by atoms with Gasteiger partial charge in [0.15, 0.2) is 0 Å². The van der Waals surface area contributed by atoms with Crippen molar-refractivity contribution in [3.63, 3.8) is 0 Å². The van der Waals surface area contributed by atoms with Crippen molar-refractivity contribution in [1.82, 2.24) is 10.6 Å². The number of ether oxygens (including phenoxy) is 1. The molecule has 0 aromatic carbocycles. The molecule has 3 atom stereocenters. The third kappa shape index (κ3) is 7.13. The van der Waals surface area contributed by atoms with Gasteiger partial charge in [0.05, 0.1) is 0 Å². The molecule has 1 aliphatic carbocycles. The number of carbonyl (C=O) groups is 1. The van der Waals surface area contributed by atoms with Crippen molar-refractivity contribution in [2.45, 2.75) is 71.9 Å². The highest BCUT2D eigenvalue weighted by Gasteiger charge is 2.21. The molecule has 0 aromatic heterocycles. The SMILES string of the molecule is CC(CNC(=O)OC(C)(C)C)NCC1CCCCC1C. The van der Waals surface area contributed by atoms with E-state index in [1.54, 1.807) is 0 Å². The van der Waals surface area contributed by atoms with E-state index in [1.807, 2.05) is 20.8 Å². The Balaban J connectivity index is 2.16. The Kier molecular flexibility index (Phi) is 6.80. The van der Waals surface area contributed by atoms with Gasteiger partial charge in [0.1, 0.15) is 5.60 Å². The summed E-state index contributed by atoms with van der Waals surface area (Å²) in [7, 11) is 0. The molecule has 0 aliphatic heterocycles. The maximum Gasteiger partial charge on any atom is 0.407 e. The molecule has 1 amide bonds. The van der Waals surface area contributed by atoms with Crippen LogP contribution in [0, 0.1) is 11.8 Å². The third-order valence-corrected chi connectivity index (χ3v) is 3.97. The number of hydrogen-bond acceptors (Lipinski definition) is 3. The number of nitrogens with one attached hydrogen (secondary N) is 2. The lowest BCUT2D eigenvalue weighted by Crippen LogP contribution is -2.43. The van der Waals surface area contributed by atoms with Gasteiger partial charge in [-0.2, -0.15) is 0 Å². The number of rotatable bonds is 5. The van der Waals surface area contributed by atoms with Gasteiger partial charge in [-0.3, -0.25) is 0 Å². The lowest BCUT2D eigenvalue weighted by Gasteiger charge is -2.30. The largest absolute Gasteiger partial charge is 0.444 e. The molecule has 1 rings (SSSR count). The molecule has 0 aromatic rings. The standard InChI is InChI=1S/C16H32N2O2/c1-12-8-6-7-9-14(12)11-17-13(2)10-18-15(19)20-16(3,4)5/h12-14,17H,6-11H2,1-5H3,(H,18,19). The third-order valence-electron chi connectivity index (χ3n) is 3.97. The first-order valence-electron chi connectivity index (χ1n) is 7.98. The smallest absolute Gasteiger partial charge is 0.407 e. The molecule has 3 unspecified atom stereocenters. The van der Waals surface area contributed by atoms with E-state index in [0.29, 0.717) is 6.54 Å². The Hall–Kier alpha value is -0.770. The highest BCUT2D eigenvalue weighted by Crippen LogP contribution is 2.28. The molecular formula is C16H32N2O2. The second-order valence-corrected chi connectivity index (χ2v) is 7.21. The molecule has 0 heterocycles. The van der Waals surface area contributed by atoms with Crippen molar-refractivity contribution in [1.29, 1.82) is 0 Å². The van der Waals surface area contributed by atoms with E-state index in [4.69, 9.17) is 4.74 Å². The first kappa shape index (κ1) is 17.3. The van der Waals surface area contributed by atoms with Crippen molar-refractivity contribution in [2.24, 2.45) is 11.8 Å². The van der Waals surface area contributed by atoms with E-state index >= 15 is 0 Å². The quantitative estimate of drug-likeness (QED) is 0.814. The van der Waals surface area contributed by atoms with Gasteiger partial charge < -0.3 is 15.4 Å². The van der Waals surface area contributed by atoms with E-state index in [1.165, 1.54) is 25.7 Å². The maximum atomic E-state index is 11.6. The number of alkyl carbamates (subject to hydrolysis) is 1. The van der Waals surface area contributed by atoms with Crippen LogP contribution in [0.3, 0.4) is 0 Å². The van der Waals surface area contributed by atoms with E-state index in [9.17, 15) is 4.79 Å². The predicted molar refractivity (Wildman–Crippen MR) is 82.8 cm³/mol. The molecule has 0 bridgehead atoms. The van der Waals surface area contributed by atoms with Crippen molar-refractivity contribution in [3.05, 3.63) is 0 Å². The molecule has 1 fully saturated rings. The van der Waals surface area contributed by atoms with Gasteiger partial charge in [0.2, 0.25) is 0 Å². The molecular weight excluding hydrogens is 252 g/mol. The lowest BCUT2D eigenvalue weighted by atomic mass is 9.80. The zero-order chi connectivity index (χ0) is 15.2. The summed E-state index contributed by atoms with van der Waals surface area (Å²) in [6.07, 6.45) is 5.10. The molecule has 4 heteroatoms. The first-order chi connectivity index (χ1) is 9.28. The highest BCUT2D eigenvalue weighted by molar-refractivity contribution is 5.67. The maximum absolute atomic E-state index is 11.6. The monoisotopic (exact) mass is 284 g/mol. The molecule has 0 radical (unpaired) electrons. The number of hydrogen-bond donors (Lipinski definition) is 2. The normalized spacial score (nSPS) is 25.1. The Morgan fingerprint density at radius 3 is 2.55 bits per heavy atom. The highest BCUT2D eigenvalue weighted by atomic mass is 16.6. The summed E-state index contributed by atoms with van der Waals surface area (Å²) in [4.78, 5) is 11.6. The molecule has 2 N–H and O–H groups in total. The number of carbonyl (C=O) groups excluding carboxylic acids is 1. The fraction of sp³-hybridized carbons (Fsp3) is 0.938. The van der Waals surface area contributed by atoms with E-state index in [0.717, 1.165) is 18.4 Å². The van der Waals surface area contributed by atoms with Crippen molar-refractivity contribution in [3.8, 4) is 0 Å². The Bertz CT molecular complexity index is 299. The fourth-order valence-corrected chi connectivity index (χ4v) is 2.67. The minimum absolute atomic E-state index is 0.275. The van der Waals surface area contributed by atoms with Gasteiger partial charge in [0.25, 0.3) is 0 Å². The average Bonchev–Trinajstić information content (AvgIpc) is 2.33. The zero-order valence-corrected chi connectivity index (χ0v) is 13.8. The summed E-state index contributed by atoms with van der Waals surface area (Å²) < 4.78 is 5.22. The predicted octanol–water partition coefficient (Wildman–Crippen LogP) is 3.32. The van der Waals surface area contributed by atoms with Crippen molar-refractivity contribution in [2.75, 3.05) is 13.1 Å². The van der Waals surface area contributed by atoms with Gasteiger partial charge in [-0.1, -0.05) is 26.2 Å². The van der Waals surface area contributed by atoms with Crippen molar-refractivity contribution < 1.29 is 9.53 Å². The van der Waals surface area contributed by atoms with Crippen molar-refractivity contribution >= 4 is 6.09 Å². The van der Waals surface area contributed by atoms with Crippen LogP contribution in [-0.2, 0) is 4.74 Å². The Morgan fingerprint density at radius 2 is 1.95 bits per heavy atom. The van der Waals surface area contributed by atoms with Crippen LogP contribution in [0.1, 0.15) is 60.3 Å². The summed E-state index contributed by atoms with van der Waals surface area (Å²) >= 11 is 0. The van der Waals surface area contributed by atoms with E-state index < -0.39 is 5.60 Å². The molecule has 1 aliphatic rings. The average molecular weight is 284 g/mol. The van der Waals surface area contributed by atoms with Gasteiger partial charge in [-0.15, -0.1) is 0 Å². The van der Waals surface area contributed by atoms with Crippen LogP contribution >= 0.6 is 0 Å². The summed E-state index contributed by atoms with van der Waals surface area (Å²) in [5.74, 6) is 1.61. The van der Waals surface area contributed by atoms with Gasteiger partial charge in [-0.25, -0.2) is 4.79 Å². The fourth-order valence-electron chi connectivity index (χ4n) is 2.67. The van der Waals surface area contributed by atoms with Crippen LogP contribution in [0.25, 0.3) is 0 Å². The second-order valence-electron chi connectivity index (χ2n) is 7.21. The first-order valence-corrected chi connectivity index (χ1v) is 7.98. The lowest BCUT2D eigenvalue weighted by molar-refractivity contribution is 0.0523. The van der Waals surface area contributed by atoms with Crippen LogP contribution in [0.4, 0.5) is 4.79 Å².